The number of fused-ring (bicyclic) bond motifs is 3. The smallest absolute Gasteiger partial charge is 0.258 e. The fourth-order valence-corrected chi connectivity index (χ4v) is 1.91. The van der Waals surface area contributed by atoms with E-state index in [1.54, 1.807) is 0 Å². The molecule has 2 aromatic rings. The molecule has 3 heterocycles. The highest BCUT2D eigenvalue weighted by Crippen LogP contribution is 2.32. The summed E-state index contributed by atoms with van der Waals surface area (Å²) < 4.78 is 5.52. The minimum atomic E-state index is 0.307. The number of nitriles is 1. The molecule has 2 aromatic heterocycles. The number of anilines is 3. The molecule has 1 aliphatic heterocycles. The van der Waals surface area contributed by atoms with Gasteiger partial charge in [0.15, 0.2) is 5.15 Å². The Hall–Kier alpha value is -2.53. The summed E-state index contributed by atoms with van der Waals surface area (Å²) in [5.74, 6) is 1.15. The first-order chi connectivity index (χ1) is 9.78. The van der Waals surface area contributed by atoms with Gasteiger partial charge in [0, 0.05) is 6.54 Å². The molecule has 0 saturated heterocycles. The topological polar surface area (TPSA) is 112 Å². The zero-order chi connectivity index (χ0) is 13.9. The molecule has 3 N–H and O–H groups in total. The number of nitrogens with zero attached hydrogens (tertiary/aromatic N) is 4. The van der Waals surface area contributed by atoms with Crippen LogP contribution in [0, 0.1) is 11.3 Å². The molecule has 2 bridgehead atoms. The van der Waals surface area contributed by atoms with Gasteiger partial charge in [0.05, 0.1) is 12.8 Å². The van der Waals surface area contributed by atoms with Gasteiger partial charge < -0.3 is 15.4 Å². The molecule has 3 rings (SSSR count). The average molecular weight is 292 g/mol. The molecular formula is C11H10ClN7O. The van der Waals surface area contributed by atoms with Crippen molar-refractivity contribution in [1.82, 2.24) is 20.2 Å². The van der Waals surface area contributed by atoms with E-state index in [-0.39, 0.29) is 0 Å². The summed E-state index contributed by atoms with van der Waals surface area (Å²) in [7, 11) is 0. The average Bonchev–Trinajstić information content (AvgIpc) is 2.78. The van der Waals surface area contributed by atoms with Crippen molar-refractivity contribution < 1.29 is 4.74 Å². The first kappa shape index (κ1) is 12.5. The van der Waals surface area contributed by atoms with Crippen molar-refractivity contribution in [3.63, 3.8) is 0 Å². The second kappa shape index (κ2) is 5.22. The third-order valence-electron chi connectivity index (χ3n) is 2.69. The lowest BCUT2D eigenvalue weighted by molar-refractivity contribution is 0.304. The van der Waals surface area contributed by atoms with Crippen molar-refractivity contribution in [2.24, 2.45) is 0 Å². The molecule has 0 atom stereocenters. The molecular weight excluding hydrogens is 282 g/mol. The molecule has 1 aliphatic rings. The summed E-state index contributed by atoms with van der Waals surface area (Å²) in [5, 5.41) is 21.9. The fourth-order valence-electron chi connectivity index (χ4n) is 1.74. The number of aromatic nitrogens is 4. The van der Waals surface area contributed by atoms with Crippen LogP contribution in [-0.2, 0) is 0 Å². The van der Waals surface area contributed by atoms with Crippen molar-refractivity contribution in [1.29, 1.82) is 5.26 Å². The van der Waals surface area contributed by atoms with Crippen molar-refractivity contribution in [3.8, 4) is 11.9 Å². The summed E-state index contributed by atoms with van der Waals surface area (Å²) in [6, 6.07) is 2.04. The zero-order valence-electron chi connectivity index (χ0n) is 10.3. The minimum Gasteiger partial charge on any atom is -0.475 e. The highest BCUT2D eigenvalue weighted by Gasteiger charge is 2.16. The van der Waals surface area contributed by atoms with Gasteiger partial charge in [-0.2, -0.15) is 10.2 Å². The molecule has 0 aromatic carbocycles. The van der Waals surface area contributed by atoms with E-state index in [0.29, 0.717) is 47.2 Å². The van der Waals surface area contributed by atoms with Gasteiger partial charge in [-0.05, 0) is 6.42 Å². The number of ether oxygens (including phenoxy) is 1. The molecule has 0 radical (unpaired) electrons. The van der Waals surface area contributed by atoms with Crippen molar-refractivity contribution in [3.05, 3.63) is 16.9 Å². The Bertz CT molecular complexity index is 678. The maximum atomic E-state index is 9.03. The van der Waals surface area contributed by atoms with Crippen LogP contribution in [0.1, 0.15) is 12.0 Å². The van der Waals surface area contributed by atoms with Gasteiger partial charge in [-0.1, -0.05) is 11.6 Å². The number of H-pyrrole nitrogens is 1. The van der Waals surface area contributed by atoms with E-state index in [9.17, 15) is 0 Å². The molecule has 0 spiro atoms. The maximum Gasteiger partial charge on any atom is 0.258 e. The second-order valence-corrected chi connectivity index (χ2v) is 4.42. The van der Waals surface area contributed by atoms with Crippen LogP contribution in [0.4, 0.5) is 17.5 Å². The number of halogens is 1. The Morgan fingerprint density at radius 1 is 1.45 bits per heavy atom. The van der Waals surface area contributed by atoms with E-state index >= 15 is 0 Å². The van der Waals surface area contributed by atoms with E-state index in [1.807, 2.05) is 6.07 Å². The van der Waals surface area contributed by atoms with Crippen LogP contribution in [0.2, 0.25) is 5.15 Å². The Labute approximate surface area is 119 Å². The second-order valence-electron chi connectivity index (χ2n) is 4.04. The first-order valence-electron chi connectivity index (χ1n) is 5.92. The van der Waals surface area contributed by atoms with Crippen LogP contribution < -0.4 is 15.4 Å². The fraction of sp³-hybridized carbons (Fsp3) is 0.273. The van der Waals surface area contributed by atoms with E-state index in [1.165, 1.54) is 6.20 Å². The quantitative estimate of drug-likeness (QED) is 0.676. The lowest BCUT2D eigenvalue weighted by Crippen LogP contribution is -2.09. The van der Waals surface area contributed by atoms with Gasteiger partial charge in [-0.15, -0.1) is 5.10 Å². The lowest BCUT2D eigenvalue weighted by atomic mass is 10.3. The van der Waals surface area contributed by atoms with Gasteiger partial charge >= 0.3 is 0 Å². The predicted molar refractivity (Wildman–Crippen MR) is 72.2 cm³/mol. The monoisotopic (exact) mass is 291 g/mol. The van der Waals surface area contributed by atoms with E-state index < -0.39 is 0 Å². The molecule has 0 saturated carbocycles. The Balaban J connectivity index is 2.03. The normalized spacial score (nSPS) is 13.8. The zero-order valence-corrected chi connectivity index (χ0v) is 11.0. The van der Waals surface area contributed by atoms with Crippen LogP contribution in [-0.4, -0.2) is 33.3 Å². The lowest BCUT2D eigenvalue weighted by Gasteiger charge is -2.07. The molecule has 9 heteroatoms. The summed E-state index contributed by atoms with van der Waals surface area (Å²) in [4.78, 5) is 8.32. The van der Waals surface area contributed by atoms with Crippen molar-refractivity contribution >= 4 is 29.1 Å². The molecule has 0 aliphatic carbocycles. The van der Waals surface area contributed by atoms with Crippen LogP contribution >= 0.6 is 11.6 Å². The Kier molecular flexibility index (Phi) is 3.26. The van der Waals surface area contributed by atoms with Gasteiger partial charge in [-0.25, -0.2) is 4.98 Å². The number of rotatable bonds is 0. The number of aromatic amines is 1. The summed E-state index contributed by atoms with van der Waals surface area (Å²) in [6.45, 7) is 1.09. The standard InChI is InChI=1S/C11H10ClN7O/c12-8-7-10(19-18-8)20-3-1-2-14-9-6(4-13)5-15-11(16-7)17-9/h5H,1-3H2,(H,18,19)(H2,14,15,16,17). The molecule has 102 valence electrons. The van der Waals surface area contributed by atoms with Crippen LogP contribution in [0.15, 0.2) is 6.20 Å². The SMILES string of the molecule is N#Cc1cnc2nc1NCCCOc1n[nH]c(Cl)c1N2. The summed E-state index contributed by atoms with van der Waals surface area (Å²) in [6.07, 6.45) is 2.18. The number of hydrogen-bond acceptors (Lipinski definition) is 7. The molecule has 0 amide bonds. The first-order valence-corrected chi connectivity index (χ1v) is 6.30. The molecule has 0 unspecified atom stereocenters. The van der Waals surface area contributed by atoms with Gasteiger partial charge in [0.1, 0.15) is 23.1 Å². The molecule has 0 fully saturated rings. The molecule has 8 nitrogen and oxygen atoms in total. The third kappa shape index (κ3) is 2.31. The van der Waals surface area contributed by atoms with Crippen molar-refractivity contribution in [2.45, 2.75) is 6.42 Å². The molecule has 20 heavy (non-hydrogen) atoms. The van der Waals surface area contributed by atoms with E-state index in [0.717, 1.165) is 6.42 Å². The van der Waals surface area contributed by atoms with Crippen LogP contribution in [0.5, 0.6) is 5.88 Å². The minimum absolute atomic E-state index is 0.307. The summed E-state index contributed by atoms with van der Waals surface area (Å²) >= 11 is 6.00. The maximum absolute atomic E-state index is 9.03. The van der Waals surface area contributed by atoms with Gasteiger partial charge in [0.25, 0.3) is 5.88 Å². The Morgan fingerprint density at radius 2 is 2.35 bits per heavy atom. The highest BCUT2D eigenvalue weighted by atomic mass is 35.5. The third-order valence-corrected chi connectivity index (χ3v) is 2.96. The van der Waals surface area contributed by atoms with E-state index in [2.05, 4.69) is 30.8 Å². The largest absolute Gasteiger partial charge is 0.475 e. The number of nitrogens with one attached hydrogen (secondary N) is 3. The summed E-state index contributed by atoms with van der Waals surface area (Å²) in [5.41, 5.74) is 0.860. The number of hydrogen-bond donors (Lipinski definition) is 3. The van der Waals surface area contributed by atoms with E-state index in [4.69, 9.17) is 21.6 Å². The van der Waals surface area contributed by atoms with Crippen LogP contribution in [0.3, 0.4) is 0 Å². The predicted octanol–water partition coefficient (Wildman–Crippen LogP) is 1.66. The highest BCUT2D eigenvalue weighted by molar-refractivity contribution is 6.32. The Morgan fingerprint density at radius 3 is 3.20 bits per heavy atom. The van der Waals surface area contributed by atoms with Crippen molar-refractivity contribution in [2.75, 3.05) is 23.8 Å². The van der Waals surface area contributed by atoms with Crippen LogP contribution in [0.25, 0.3) is 0 Å². The van der Waals surface area contributed by atoms with Gasteiger partial charge in [0.2, 0.25) is 5.95 Å². The van der Waals surface area contributed by atoms with Gasteiger partial charge in [-0.3, -0.25) is 5.10 Å².